The SMILES string of the molecule is CC(=O)NC(C(=O)Nc1c(Cl)cccc1C(=O)O)C(C)C. The molecule has 6 nitrogen and oxygen atoms in total. The van der Waals surface area contributed by atoms with Crippen LogP contribution in [0.4, 0.5) is 5.69 Å². The first kappa shape index (κ1) is 17.0. The summed E-state index contributed by atoms with van der Waals surface area (Å²) in [4.78, 5) is 34.5. The average molecular weight is 313 g/mol. The summed E-state index contributed by atoms with van der Waals surface area (Å²) in [5.74, 6) is -2.23. The van der Waals surface area contributed by atoms with Gasteiger partial charge in [0.15, 0.2) is 0 Å². The summed E-state index contributed by atoms with van der Waals surface area (Å²) in [6.45, 7) is 4.84. The van der Waals surface area contributed by atoms with Gasteiger partial charge in [0.1, 0.15) is 6.04 Å². The van der Waals surface area contributed by atoms with Gasteiger partial charge in [-0.1, -0.05) is 31.5 Å². The zero-order chi connectivity index (χ0) is 16.2. The third kappa shape index (κ3) is 4.46. The largest absolute Gasteiger partial charge is 0.478 e. The highest BCUT2D eigenvalue weighted by atomic mass is 35.5. The highest BCUT2D eigenvalue weighted by molar-refractivity contribution is 6.34. The molecule has 0 saturated heterocycles. The van der Waals surface area contributed by atoms with E-state index >= 15 is 0 Å². The molecule has 0 aliphatic rings. The van der Waals surface area contributed by atoms with E-state index in [4.69, 9.17) is 16.7 Å². The lowest BCUT2D eigenvalue weighted by Crippen LogP contribution is -2.46. The topological polar surface area (TPSA) is 95.5 Å². The fraction of sp³-hybridized carbons (Fsp3) is 0.357. The van der Waals surface area contributed by atoms with Gasteiger partial charge in [-0.15, -0.1) is 0 Å². The molecule has 1 unspecified atom stereocenters. The summed E-state index contributed by atoms with van der Waals surface area (Å²) < 4.78 is 0. The Hall–Kier alpha value is -2.08. The van der Waals surface area contributed by atoms with Crippen LogP contribution >= 0.6 is 11.6 Å². The van der Waals surface area contributed by atoms with E-state index in [1.165, 1.54) is 25.1 Å². The first-order valence-corrected chi connectivity index (χ1v) is 6.71. The van der Waals surface area contributed by atoms with E-state index in [1.807, 2.05) is 0 Å². The molecule has 0 fully saturated rings. The fourth-order valence-corrected chi connectivity index (χ4v) is 2.01. The van der Waals surface area contributed by atoms with Gasteiger partial charge in [-0.05, 0) is 18.1 Å². The second kappa shape index (κ2) is 7.08. The standard InChI is InChI=1S/C14H17ClN2O4/c1-7(2)11(16-8(3)18)13(19)17-12-9(14(20)21)5-4-6-10(12)15/h4-7,11H,1-3H3,(H,16,18)(H,17,19)(H,20,21). The van der Waals surface area contributed by atoms with Crippen molar-refractivity contribution in [1.82, 2.24) is 5.32 Å². The van der Waals surface area contributed by atoms with E-state index in [1.54, 1.807) is 13.8 Å². The van der Waals surface area contributed by atoms with Crippen LogP contribution in [0, 0.1) is 5.92 Å². The lowest BCUT2D eigenvalue weighted by atomic mass is 10.0. The van der Waals surface area contributed by atoms with Crippen LogP contribution in [-0.4, -0.2) is 28.9 Å². The maximum atomic E-state index is 12.2. The highest BCUT2D eigenvalue weighted by Gasteiger charge is 2.25. The number of carbonyl (C=O) groups excluding carboxylic acids is 2. The van der Waals surface area contributed by atoms with Crippen LogP contribution in [0.2, 0.25) is 5.02 Å². The van der Waals surface area contributed by atoms with Gasteiger partial charge in [0.05, 0.1) is 16.3 Å². The lowest BCUT2D eigenvalue weighted by Gasteiger charge is -2.21. The molecule has 0 radical (unpaired) electrons. The fourth-order valence-electron chi connectivity index (χ4n) is 1.78. The summed E-state index contributed by atoms with van der Waals surface area (Å²) in [6.07, 6.45) is 0. The third-order valence-corrected chi connectivity index (χ3v) is 3.12. The molecular formula is C14H17ClN2O4. The van der Waals surface area contributed by atoms with E-state index in [-0.39, 0.29) is 28.1 Å². The van der Waals surface area contributed by atoms with Gasteiger partial charge in [0.25, 0.3) is 0 Å². The van der Waals surface area contributed by atoms with Crippen molar-refractivity contribution in [3.05, 3.63) is 28.8 Å². The Balaban J connectivity index is 3.07. The lowest BCUT2D eigenvalue weighted by molar-refractivity contribution is -0.126. The van der Waals surface area contributed by atoms with E-state index in [2.05, 4.69) is 10.6 Å². The molecule has 0 spiro atoms. The van der Waals surface area contributed by atoms with Gasteiger partial charge in [-0.2, -0.15) is 0 Å². The van der Waals surface area contributed by atoms with Crippen molar-refractivity contribution < 1.29 is 19.5 Å². The number of hydrogen-bond acceptors (Lipinski definition) is 3. The Morgan fingerprint density at radius 3 is 2.33 bits per heavy atom. The van der Waals surface area contributed by atoms with Crippen molar-refractivity contribution in [2.75, 3.05) is 5.32 Å². The number of halogens is 1. The number of anilines is 1. The summed E-state index contributed by atoms with van der Waals surface area (Å²) in [5, 5.41) is 14.2. The molecule has 0 heterocycles. The normalized spacial score (nSPS) is 11.9. The van der Waals surface area contributed by atoms with Crippen molar-refractivity contribution in [3.63, 3.8) is 0 Å². The Bertz CT molecular complexity index is 572. The van der Waals surface area contributed by atoms with Gasteiger partial charge in [-0.25, -0.2) is 4.79 Å². The van der Waals surface area contributed by atoms with E-state index < -0.39 is 17.9 Å². The van der Waals surface area contributed by atoms with E-state index in [0.717, 1.165) is 0 Å². The first-order chi connectivity index (χ1) is 9.73. The second-order valence-corrected chi connectivity index (χ2v) is 5.29. The molecular weight excluding hydrogens is 296 g/mol. The molecule has 114 valence electrons. The monoisotopic (exact) mass is 312 g/mol. The number of carbonyl (C=O) groups is 3. The highest BCUT2D eigenvalue weighted by Crippen LogP contribution is 2.26. The molecule has 2 amide bonds. The quantitative estimate of drug-likeness (QED) is 0.776. The minimum atomic E-state index is -1.20. The summed E-state index contributed by atoms with van der Waals surface area (Å²) in [5.41, 5.74) is -0.0890. The first-order valence-electron chi connectivity index (χ1n) is 6.33. The van der Waals surface area contributed by atoms with Crippen LogP contribution in [-0.2, 0) is 9.59 Å². The number of amides is 2. The molecule has 7 heteroatoms. The van der Waals surface area contributed by atoms with Crippen LogP contribution in [0.5, 0.6) is 0 Å². The van der Waals surface area contributed by atoms with Gasteiger partial charge < -0.3 is 15.7 Å². The van der Waals surface area contributed by atoms with Crippen molar-refractivity contribution in [2.45, 2.75) is 26.8 Å². The number of benzene rings is 1. The minimum Gasteiger partial charge on any atom is -0.478 e. The summed E-state index contributed by atoms with van der Waals surface area (Å²) in [6, 6.07) is 3.52. The molecule has 0 aliphatic heterocycles. The van der Waals surface area contributed by atoms with Crippen LogP contribution in [0.3, 0.4) is 0 Å². The number of para-hydroxylation sites is 1. The molecule has 0 bridgehead atoms. The predicted octanol–water partition coefficient (Wildman–Crippen LogP) is 2.14. The second-order valence-electron chi connectivity index (χ2n) is 4.88. The molecule has 1 atom stereocenters. The molecule has 21 heavy (non-hydrogen) atoms. The van der Waals surface area contributed by atoms with Crippen molar-refractivity contribution >= 4 is 35.1 Å². The minimum absolute atomic E-state index is 0.0210. The van der Waals surface area contributed by atoms with Gasteiger partial charge in [0.2, 0.25) is 11.8 Å². The van der Waals surface area contributed by atoms with Crippen molar-refractivity contribution in [1.29, 1.82) is 0 Å². The average Bonchev–Trinajstić information content (AvgIpc) is 2.37. The number of hydrogen-bond donors (Lipinski definition) is 3. The number of rotatable bonds is 5. The maximum Gasteiger partial charge on any atom is 0.337 e. The Kier molecular flexibility index (Phi) is 5.72. The van der Waals surface area contributed by atoms with Gasteiger partial charge in [-0.3, -0.25) is 9.59 Å². The van der Waals surface area contributed by atoms with Crippen molar-refractivity contribution in [2.24, 2.45) is 5.92 Å². The van der Waals surface area contributed by atoms with Crippen LogP contribution in [0.1, 0.15) is 31.1 Å². The summed E-state index contributed by atoms with van der Waals surface area (Å²) in [7, 11) is 0. The number of nitrogens with one attached hydrogen (secondary N) is 2. The smallest absolute Gasteiger partial charge is 0.337 e. The summed E-state index contributed by atoms with van der Waals surface area (Å²) >= 11 is 5.94. The van der Waals surface area contributed by atoms with Crippen LogP contribution in [0.15, 0.2) is 18.2 Å². The van der Waals surface area contributed by atoms with E-state index in [0.29, 0.717) is 0 Å². The van der Waals surface area contributed by atoms with Gasteiger partial charge in [0, 0.05) is 6.92 Å². The van der Waals surface area contributed by atoms with Crippen molar-refractivity contribution in [3.8, 4) is 0 Å². The molecule has 1 rings (SSSR count). The molecule has 1 aromatic rings. The maximum absolute atomic E-state index is 12.2. The Morgan fingerprint density at radius 2 is 1.86 bits per heavy atom. The molecule has 0 aliphatic carbocycles. The number of carboxylic acids is 1. The zero-order valence-corrected chi connectivity index (χ0v) is 12.7. The Labute approximate surface area is 127 Å². The zero-order valence-electron chi connectivity index (χ0n) is 11.9. The Morgan fingerprint density at radius 1 is 1.24 bits per heavy atom. The number of aromatic carboxylic acids is 1. The van der Waals surface area contributed by atoms with E-state index in [9.17, 15) is 14.4 Å². The molecule has 0 saturated carbocycles. The number of carboxylic acid groups (broad SMARTS) is 1. The molecule has 0 aromatic heterocycles. The van der Waals surface area contributed by atoms with Crippen LogP contribution in [0.25, 0.3) is 0 Å². The molecule has 1 aromatic carbocycles. The molecule has 3 N–H and O–H groups in total. The van der Waals surface area contributed by atoms with Crippen LogP contribution < -0.4 is 10.6 Å². The third-order valence-electron chi connectivity index (χ3n) is 2.80. The van der Waals surface area contributed by atoms with Gasteiger partial charge >= 0.3 is 5.97 Å². The predicted molar refractivity (Wildman–Crippen MR) is 79.5 cm³/mol.